The SMILES string of the molecule is CCCCCCCCCOc1ccc(-c2ccccc2-c2ccc(C(C)OC(=O)CCC)cc2)cc1. The number of unbranched alkanes of at least 4 members (excludes halogenated alkanes) is 6. The lowest BCUT2D eigenvalue weighted by Gasteiger charge is -2.15. The van der Waals surface area contributed by atoms with Crippen LogP contribution in [0, 0.1) is 0 Å². The Morgan fingerprint density at radius 3 is 1.83 bits per heavy atom. The van der Waals surface area contributed by atoms with Gasteiger partial charge in [0.05, 0.1) is 6.61 Å². The van der Waals surface area contributed by atoms with Crippen molar-refractivity contribution in [2.75, 3.05) is 6.61 Å². The number of hydrogen-bond donors (Lipinski definition) is 0. The summed E-state index contributed by atoms with van der Waals surface area (Å²) < 4.78 is 11.5. The second-order valence-electron chi connectivity index (χ2n) is 9.54. The zero-order valence-electron chi connectivity index (χ0n) is 22.3. The molecule has 3 nitrogen and oxygen atoms in total. The Hall–Kier alpha value is -3.07. The van der Waals surface area contributed by atoms with Crippen LogP contribution in [0.5, 0.6) is 5.75 Å². The molecule has 1 unspecified atom stereocenters. The summed E-state index contributed by atoms with van der Waals surface area (Å²) in [5.41, 5.74) is 5.67. The monoisotopic (exact) mass is 486 g/mol. The predicted molar refractivity (Wildman–Crippen MR) is 150 cm³/mol. The van der Waals surface area contributed by atoms with E-state index < -0.39 is 0 Å². The van der Waals surface area contributed by atoms with E-state index in [2.05, 4.69) is 79.7 Å². The number of hydrogen-bond acceptors (Lipinski definition) is 3. The van der Waals surface area contributed by atoms with E-state index in [-0.39, 0.29) is 12.1 Å². The zero-order chi connectivity index (χ0) is 25.6. The zero-order valence-corrected chi connectivity index (χ0v) is 22.3. The van der Waals surface area contributed by atoms with Crippen LogP contribution in [-0.4, -0.2) is 12.6 Å². The molecule has 0 N–H and O–H groups in total. The molecule has 0 saturated carbocycles. The number of ether oxygens (including phenoxy) is 2. The highest BCUT2D eigenvalue weighted by molar-refractivity contribution is 5.83. The van der Waals surface area contributed by atoms with E-state index in [1.54, 1.807) is 0 Å². The van der Waals surface area contributed by atoms with Crippen LogP contribution < -0.4 is 4.74 Å². The molecule has 0 aromatic heterocycles. The van der Waals surface area contributed by atoms with E-state index in [1.165, 1.54) is 55.2 Å². The van der Waals surface area contributed by atoms with Crippen LogP contribution in [0.1, 0.15) is 90.2 Å². The Morgan fingerprint density at radius 2 is 1.25 bits per heavy atom. The Balaban J connectivity index is 1.59. The smallest absolute Gasteiger partial charge is 0.306 e. The van der Waals surface area contributed by atoms with Crippen LogP contribution in [-0.2, 0) is 9.53 Å². The quantitative estimate of drug-likeness (QED) is 0.158. The lowest BCUT2D eigenvalue weighted by Crippen LogP contribution is -2.08. The minimum atomic E-state index is -0.248. The standard InChI is InChI=1S/C33H42O3/c1-4-6-7-8-9-10-13-25-35-30-23-21-29(22-24-30)32-16-12-11-15-31(32)28-19-17-27(18-20-28)26(3)36-33(34)14-5-2/h11-12,15-24,26H,4-10,13-14,25H2,1-3H3. The highest BCUT2D eigenvalue weighted by Crippen LogP contribution is 2.33. The summed E-state index contributed by atoms with van der Waals surface area (Å²) in [4.78, 5) is 11.8. The molecule has 3 aromatic rings. The van der Waals surface area contributed by atoms with E-state index in [1.807, 2.05) is 13.8 Å². The molecule has 0 spiro atoms. The molecule has 0 heterocycles. The third-order valence-electron chi connectivity index (χ3n) is 6.56. The highest BCUT2D eigenvalue weighted by Gasteiger charge is 2.12. The average molecular weight is 487 g/mol. The molecule has 0 aliphatic rings. The van der Waals surface area contributed by atoms with Gasteiger partial charge in [-0.3, -0.25) is 4.79 Å². The number of carbonyl (C=O) groups excluding carboxylic acids is 1. The molecule has 1 atom stereocenters. The summed E-state index contributed by atoms with van der Waals surface area (Å²) in [6.45, 7) is 6.94. The normalized spacial score (nSPS) is 11.8. The molecule has 3 heteroatoms. The van der Waals surface area contributed by atoms with Gasteiger partial charge in [-0.2, -0.15) is 0 Å². The van der Waals surface area contributed by atoms with Crippen molar-refractivity contribution < 1.29 is 14.3 Å². The largest absolute Gasteiger partial charge is 0.494 e. The molecule has 0 radical (unpaired) electrons. The number of esters is 1. The van der Waals surface area contributed by atoms with Crippen molar-refractivity contribution in [1.29, 1.82) is 0 Å². The van der Waals surface area contributed by atoms with Gasteiger partial charge in [-0.25, -0.2) is 0 Å². The summed E-state index contributed by atoms with van der Waals surface area (Å²) in [6, 6.07) is 25.2. The third-order valence-corrected chi connectivity index (χ3v) is 6.56. The molecule has 0 saturated heterocycles. The van der Waals surface area contributed by atoms with Crippen molar-refractivity contribution in [2.45, 2.75) is 84.7 Å². The van der Waals surface area contributed by atoms with Crippen molar-refractivity contribution in [3.05, 3.63) is 78.4 Å². The van der Waals surface area contributed by atoms with Gasteiger partial charge in [0.2, 0.25) is 0 Å². The first-order valence-electron chi connectivity index (χ1n) is 13.7. The van der Waals surface area contributed by atoms with Gasteiger partial charge in [0.25, 0.3) is 0 Å². The minimum Gasteiger partial charge on any atom is -0.494 e. The molecule has 0 aliphatic heterocycles. The van der Waals surface area contributed by atoms with Crippen molar-refractivity contribution in [1.82, 2.24) is 0 Å². The van der Waals surface area contributed by atoms with Crippen LogP contribution in [0.4, 0.5) is 0 Å². The summed E-state index contributed by atoms with van der Waals surface area (Å²) in [6.07, 6.45) is 10.0. The first-order chi connectivity index (χ1) is 17.6. The molecule has 0 bridgehead atoms. The molecule has 0 aliphatic carbocycles. The van der Waals surface area contributed by atoms with Crippen molar-refractivity contribution in [3.63, 3.8) is 0 Å². The number of rotatable bonds is 15. The molecule has 3 rings (SSSR count). The van der Waals surface area contributed by atoms with Crippen LogP contribution in [0.3, 0.4) is 0 Å². The number of benzene rings is 3. The van der Waals surface area contributed by atoms with Crippen molar-refractivity contribution in [2.24, 2.45) is 0 Å². The summed E-state index contributed by atoms with van der Waals surface area (Å²) in [5.74, 6) is 0.785. The van der Waals surface area contributed by atoms with Crippen LogP contribution in [0.15, 0.2) is 72.8 Å². The fraction of sp³-hybridized carbons (Fsp3) is 0.424. The Labute approximate surface area is 217 Å². The van der Waals surface area contributed by atoms with Gasteiger partial charge >= 0.3 is 5.97 Å². The molecule has 0 amide bonds. The molecule has 36 heavy (non-hydrogen) atoms. The van der Waals surface area contributed by atoms with Crippen molar-refractivity contribution in [3.8, 4) is 28.0 Å². The van der Waals surface area contributed by atoms with E-state index in [4.69, 9.17) is 9.47 Å². The summed E-state index contributed by atoms with van der Waals surface area (Å²) in [5, 5.41) is 0. The summed E-state index contributed by atoms with van der Waals surface area (Å²) in [7, 11) is 0. The van der Waals surface area contributed by atoms with Crippen LogP contribution in [0.25, 0.3) is 22.3 Å². The molecular weight excluding hydrogens is 444 g/mol. The van der Waals surface area contributed by atoms with Gasteiger partial charge in [-0.15, -0.1) is 0 Å². The van der Waals surface area contributed by atoms with Gasteiger partial charge in [-0.1, -0.05) is 113 Å². The van der Waals surface area contributed by atoms with E-state index >= 15 is 0 Å². The van der Waals surface area contributed by atoms with Crippen LogP contribution >= 0.6 is 0 Å². The maximum atomic E-state index is 11.8. The van der Waals surface area contributed by atoms with Crippen LogP contribution in [0.2, 0.25) is 0 Å². The summed E-state index contributed by atoms with van der Waals surface area (Å²) >= 11 is 0. The van der Waals surface area contributed by atoms with Gasteiger partial charge in [0.15, 0.2) is 0 Å². The Morgan fingerprint density at radius 1 is 0.694 bits per heavy atom. The fourth-order valence-corrected chi connectivity index (χ4v) is 4.43. The minimum absolute atomic E-state index is 0.144. The topological polar surface area (TPSA) is 35.5 Å². The molecule has 192 valence electrons. The van der Waals surface area contributed by atoms with Crippen molar-refractivity contribution >= 4 is 5.97 Å². The molecule has 0 fully saturated rings. The first-order valence-corrected chi connectivity index (χ1v) is 13.7. The number of carbonyl (C=O) groups is 1. The van der Waals surface area contributed by atoms with Gasteiger partial charge in [0.1, 0.15) is 11.9 Å². The van der Waals surface area contributed by atoms with E-state index in [9.17, 15) is 4.79 Å². The van der Waals surface area contributed by atoms with Gasteiger partial charge in [0, 0.05) is 6.42 Å². The second-order valence-corrected chi connectivity index (χ2v) is 9.54. The maximum Gasteiger partial charge on any atom is 0.306 e. The maximum absolute atomic E-state index is 11.8. The third kappa shape index (κ3) is 8.55. The first kappa shape index (κ1) is 27.5. The second kappa shape index (κ2) is 15.1. The predicted octanol–water partition coefficient (Wildman–Crippen LogP) is 9.55. The van der Waals surface area contributed by atoms with Gasteiger partial charge in [-0.05, 0) is 59.7 Å². The highest BCUT2D eigenvalue weighted by atomic mass is 16.5. The average Bonchev–Trinajstić information content (AvgIpc) is 2.91. The molecule has 3 aromatic carbocycles. The lowest BCUT2D eigenvalue weighted by atomic mass is 9.94. The Bertz CT molecular complexity index is 1040. The lowest BCUT2D eigenvalue weighted by molar-refractivity contribution is -0.148. The van der Waals surface area contributed by atoms with E-state index in [0.717, 1.165) is 36.3 Å². The van der Waals surface area contributed by atoms with E-state index in [0.29, 0.717) is 6.42 Å². The molecular formula is C33H42O3. The Kier molecular flexibility index (Phi) is 11.6. The fourth-order valence-electron chi connectivity index (χ4n) is 4.43. The van der Waals surface area contributed by atoms with Gasteiger partial charge < -0.3 is 9.47 Å².